The molecule has 1 aliphatic heterocycles. The van der Waals surface area contributed by atoms with Crippen LogP contribution in [0.25, 0.3) is 0 Å². The predicted molar refractivity (Wildman–Crippen MR) is 109 cm³/mol. The quantitative estimate of drug-likeness (QED) is 0.242. The van der Waals surface area contributed by atoms with Gasteiger partial charge in [0.1, 0.15) is 6.10 Å². The Morgan fingerprint density at radius 1 is 1.07 bits per heavy atom. The van der Waals surface area contributed by atoms with Crippen molar-refractivity contribution in [1.29, 1.82) is 0 Å². The lowest BCUT2D eigenvalue weighted by Crippen LogP contribution is -2.33. The van der Waals surface area contributed by atoms with Gasteiger partial charge in [-0.3, -0.25) is 4.79 Å². The van der Waals surface area contributed by atoms with E-state index in [0.29, 0.717) is 6.42 Å². The van der Waals surface area contributed by atoms with E-state index < -0.39 is 6.10 Å². The van der Waals surface area contributed by atoms with Crippen molar-refractivity contribution < 1.29 is 19.4 Å². The van der Waals surface area contributed by atoms with Gasteiger partial charge >= 0.3 is 5.97 Å². The molecule has 1 N–H and O–H groups in total. The minimum Gasteiger partial charge on any atom is -0.460 e. The van der Waals surface area contributed by atoms with E-state index in [0.717, 1.165) is 25.7 Å². The van der Waals surface area contributed by atoms with Crippen LogP contribution in [-0.4, -0.2) is 35.5 Å². The van der Waals surface area contributed by atoms with E-state index >= 15 is 0 Å². The Balaban J connectivity index is 2.21. The van der Waals surface area contributed by atoms with Crippen molar-refractivity contribution in [2.45, 2.75) is 128 Å². The monoisotopic (exact) mass is 380 g/mol. The number of aliphatic hydroxyl groups excluding tert-OH is 1. The molecule has 0 aromatic rings. The van der Waals surface area contributed by atoms with Crippen LogP contribution in [-0.2, 0) is 14.3 Å². The summed E-state index contributed by atoms with van der Waals surface area (Å²) >= 11 is 0. The Hall–Kier alpha value is -1.05. The van der Waals surface area contributed by atoms with E-state index in [1.54, 1.807) is 0 Å². The Labute approximate surface area is 166 Å². The third-order valence-electron chi connectivity index (χ3n) is 5.42. The molecule has 4 heteroatoms. The predicted octanol–water partition coefficient (Wildman–Crippen LogP) is 5.16. The lowest BCUT2D eigenvalue weighted by atomic mass is 10.0. The number of rotatable bonds is 15. The van der Waals surface area contributed by atoms with E-state index in [4.69, 9.17) is 15.9 Å². The van der Waals surface area contributed by atoms with Gasteiger partial charge in [-0.2, -0.15) is 0 Å². The Morgan fingerprint density at radius 3 is 2.19 bits per heavy atom. The number of hydrogen-bond donors (Lipinski definition) is 1. The van der Waals surface area contributed by atoms with Crippen LogP contribution < -0.4 is 0 Å². The third-order valence-corrected chi connectivity index (χ3v) is 5.42. The minimum atomic E-state index is -0.629. The average Bonchev–Trinajstić information content (AvgIpc) is 3.12. The van der Waals surface area contributed by atoms with Gasteiger partial charge in [-0.25, -0.2) is 0 Å². The molecule has 0 aliphatic carbocycles. The highest BCUT2D eigenvalue weighted by atomic mass is 16.6. The molecule has 1 saturated heterocycles. The fourth-order valence-electron chi connectivity index (χ4n) is 3.86. The number of ether oxygens (including phenoxy) is 2. The molecule has 0 unspecified atom stereocenters. The minimum absolute atomic E-state index is 0.120. The van der Waals surface area contributed by atoms with Crippen molar-refractivity contribution in [3.63, 3.8) is 0 Å². The van der Waals surface area contributed by atoms with Crippen LogP contribution in [0.3, 0.4) is 0 Å². The Kier molecular flexibility index (Phi) is 13.3. The second-order valence-corrected chi connectivity index (χ2v) is 7.88. The highest BCUT2D eigenvalue weighted by Crippen LogP contribution is 2.29. The summed E-state index contributed by atoms with van der Waals surface area (Å²) in [4.78, 5) is 11.5. The maximum absolute atomic E-state index is 11.5. The van der Waals surface area contributed by atoms with Crippen molar-refractivity contribution in [3.8, 4) is 12.3 Å². The molecule has 0 aromatic carbocycles. The zero-order valence-corrected chi connectivity index (χ0v) is 17.5. The molecule has 4 atom stereocenters. The van der Waals surface area contributed by atoms with Crippen LogP contribution in [0.1, 0.15) is 104 Å². The van der Waals surface area contributed by atoms with Crippen LogP contribution >= 0.6 is 0 Å². The standard InChI is InChI=1S/C23H40O4/c1-4-6-7-8-9-10-11-12-13-14-16-22(26-19(3)24)23-18-17-21(27-23)20(25)15-5-2/h2,20-23,25H,4,6-18H2,1,3H3/t20-,21+,22+,23+/m1/s1. The molecule has 1 heterocycles. The average molecular weight is 381 g/mol. The largest absolute Gasteiger partial charge is 0.460 e. The van der Waals surface area contributed by atoms with Crippen LogP contribution in [0.2, 0.25) is 0 Å². The number of unbranched alkanes of at least 4 members (excludes halogenated alkanes) is 9. The Bertz CT molecular complexity index is 429. The number of carbonyl (C=O) groups excluding carboxylic acids is 1. The van der Waals surface area contributed by atoms with E-state index in [1.807, 2.05) is 0 Å². The fraction of sp³-hybridized carbons (Fsp3) is 0.870. The zero-order chi connectivity index (χ0) is 19.9. The van der Waals surface area contributed by atoms with Crippen molar-refractivity contribution >= 4 is 5.97 Å². The SMILES string of the molecule is C#CC[C@@H](O)[C@@H]1CC[C@@H]([C@H](CCCCCCCCCCCC)OC(C)=O)O1. The molecule has 156 valence electrons. The summed E-state index contributed by atoms with van der Waals surface area (Å²) in [6.45, 7) is 3.70. The van der Waals surface area contributed by atoms with Gasteiger partial charge in [-0.05, 0) is 25.7 Å². The second kappa shape index (κ2) is 14.9. The summed E-state index contributed by atoms with van der Waals surface area (Å²) in [5.41, 5.74) is 0. The normalized spacial score (nSPS) is 21.6. The molecule has 0 spiro atoms. The number of esters is 1. The first-order chi connectivity index (χ1) is 13.1. The molecule has 1 rings (SSSR count). The lowest BCUT2D eigenvalue weighted by Gasteiger charge is -2.24. The van der Waals surface area contributed by atoms with E-state index in [1.165, 1.54) is 64.7 Å². The maximum atomic E-state index is 11.5. The highest BCUT2D eigenvalue weighted by molar-refractivity contribution is 5.66. The first-order valence-electron chi connectivity index (χ1n) is 11.0. The topological polar surface area (TPSA) is 55.8 Å². The molecule has 0 saturated carbocycles. The fourth-order valence-corrected chi connectivity index (χ4v) is 3.86. The molecule has 27 heavy (non-hydrogen) atoms. The van der Waals surface area contributed by atoms with Gasteiger partial charge < -0.3 is 14.6 Å². The molecular weight excluding hydrogens is 340 g/mol. The molecular formula is C23H40O4. The molecule has 0 radical (unpaired) electrons. The van der Waals surface area contributed by atoms with Gasteiger partial charge in [0.25, 0.3) is 0 Å². The zero-order valence-electron chi connectivity index (χ0n) is 17.5. The summed E-state index contributed by atoms with van der Waals surface area (Å²) in [5, 5.41) is 10.0. The van der Waals surface area contributed by atoms with Gasteiger partial charge in [0, 0.05) is 13.3 Å². The first-order valence-corrected chi connectivity index (χ1v) is 11.0. The number of carbonyl (C=O) groups is 1. The number of terminal acetylenes is 1. The van der Waals surface area contributed by atoms with Crippen LogP contribution in [0.4, 0.5) is 0 Å². The van der Waals surface area contributed by atoms with Crippen molar-refractivity contribution in [3.05, 3.63) is 0 Å². The van der Waals surface area contributed by atoms with Crippen LogP contribution in [0.5, 0.6) is 0 Å². The van der Waals surface area contributed by atoms with E-state index in [-0.39, 0.29) is 24.3 Å². The summed E-state index contributed by atoms with van der Waals surface area (Å²) < 4.78 is 11.5. The molecule has 1 fully saturated rings. The highest BCUT2D eigenvalue weighted by Gasteiger charge is 2.36. The summed E-state index contributed by atoms with van der Waals surface area (Å²) in [6.07, 6.45) is 19.6. The molecule has 0 amide bonds. The van der Waals surface area contributed by atoms with Crippen molar-refractivity contribution in [2.24, 2.45) is 0 Å². The number of hydrogen-bond acceptors (Lipinski definition) is 4. The summed E-state index contributed by atoms with van der Waals surface area (Å²) in [5.74, 6) is 2.22. The van der Waals surface area contributed by atoms with Crippen LogP contribution in [0.15, 0.2) is 0 Å². The second-order valence-electron chi connectivity index (χ2n) is 7.88. The van der Waals surface area contributed by atoms with Gasteiger partial charge in [-0.15, -0.1) is 12.3 Å². The van der Waals surface area contributed by atoms with E-state index in [9.17, 15) is 9.90 Å². The molecule has 1 aliphatic rings. The van der Waals surface area contributed by atoms with Gasteiger partial charge in [0.2, 0.25) is 0 Å². The third kappa shape index (κ3) is 10.8. The summed E-state index contributed by atoms with van der Waals surface area (Å²) in [6, 6.07) is 0. The number of aliphatic hydroxyl groups is 1. The van der Waals surface area contributed by atoms with Gasteiger partial charge in [-0.1, -0.05) is 64.7 Å². The van der Waals surface area contributed by atoms with Crippen molar-refractivity contribution in [1.82, 2.24) is 0 Å². The molecule has 0 bridgehead atoms. The van der Waals surface area contributed by atoms with E-state index in [2.05, 4.69) is 12.8 Å². The van der Waals surface area contributed by atoms with Gasteiger partial charge in [0.05, 0.1) is 18.3 Å². The smallest absolute Gasteiger partial charge is 0.302 e. The molecule has 0 aromatic heterocycles. The van der Waals surface area contributed by atoms with Crippen LogP contribution in [0, 0.1) is 12.3 Å². The lowest BCUT2D eigenvalue weighted by molar-refractivity contribution is -0.157. The molecule has 4 nitrogen and oxygen atoms in total. The Morgan fingerprint density at radius 2 is 1.63 bits per heavy atom. The first kappa shape index (κ1) is 24.0. The maximum Gasteiger partial charge on any atom is 0.302 e. The summed E-state index contributed by atoms with van der Waals surface area (Å²) in [7, 11) is 0. The van der Waals surface area contributed by atoms with Crippen molar-refractivity contribution in [2.75, 3.05) is 0 Å². The van der Waals surface area contributed by atoms with Gasteiger partial charge in [0.15, 0.2) is 0 Å².